The zero-order valence-corrected chi connectivity index (χ0v) is 10.9. The minimum absolute atomic E-state index is 0.216. The van der Waals surface area contributed by atoms with E-state index in [2.05, 4.69) is 17.2 Å². The number of nitrogens with one attached hydrogen (secondary N) is 1. The van der Waals surface area contributed by atoms with Crippen LogP contribution in [0, 0.1) is 0 Å². The van der Waals surface area contributed by atoms with E-state index in [4.69, 9.17) is 0 Å². The van der Waals surface area contributed by atoms with Gasteiger partial charge in [-0.1, -0.05) is 58.3 Å². The minimum atomic E-state index is -0.222. The fourth-order valence-electron chi connectivity index (χ4n) is 1.74. The second-order valence-corrected chi connectivity index (χ2v) is 4.32. The summed E-state index contributed by atoms with van der Waals surface area (Å²) in [6.07, 6.45) is 11.4. The first-order valence-electron chi connectivity index (χ1n) is 6.69. The Morgan fingerprint density at radius 3 is 2.06 bits per heavy atom. The smallest absolute Gasteiger partial charge is 0.320 e. The normalized spacial score (nSPS) is 9.94. The van der Waals surface area contributed by atoms with Crippen molar-refractivity contribution in [3.63, 3.8) is 0 Å². The summed E-state index contributed by atoms with van der Waals surface area (Å²) in [4.78, 5) is 25.0. The summed E-state index contributed by atoms with van der Waals surface area (Å²) in [6.45, 7) is 2.44. The third-order valence-electron chi connectivity index (χ3n) is 2.73. The highest BCUT2D eigenvalue weighted by Gasteiger charge is 2.00. The molecule has 4 heteroatoms. The van der Waals surface area contributed by atoms with E-state index in [9.17, 15) is 9.59 Å². The van der Waals surface area contributed by atoms with Crippen molar-refractivity contribution in [2.24, 2.45) is 0 Å². The highest BCUT2D eigenvalue weighted by atomic mass is 16.7. The molecule has 0 saturated carbocycles. The minimum Gasteiger partial charge on any atom is -0.344 e. The van der Waals surface area contributed by atoms with Crippen LogP contribution in [-0.4, -0.2) is 12.4 Å². The second kappa shape index (κ2) is 13.0. The van der Waals surface area contributed by atoms with Crippen LogP contribution in [0.15, 0.2) is 0 Å². The highest BCUT2D eigenvalue weighted by Crippen LogP contribution is 2.10. The zero-order chi connectivity index (χ0) is 12.8. The Morgan fingerprint density at radius 1 is 1.00 bits per heavy atom. The summed E-state index contributed by atoms with van der Waals surface area (Å²) >= 11 is 0. The van der Waals surface area contributed by atoms with Gasteiger partial charge in [-0.3, -0.25) is 9.59 Å². The first kappa shape index (κ1) is 15.9. The lowest BCUT2D eigenvalue weighted by molar-refractivity contribution is -0.146. The Labute approximate surface area is 104 Å². The standard InChI is InChI=1S/C13H25NO3/c1-2-3-4-5-6-7-8-9-10-11-13(16)14-17-12-15/h12H,2-11H2,1H3,(H,14,16). The SMILES string of the molecule is CCCCCCCCCCCC(=O)NOC=O. The molecule has 0 aliphatic carbocycles. The van der Waals surface area contributed by atoms with Crippen LogP contribution in [0.5, 0.6) is 0 Å². The number of hydrogen-bond donors (Lipinski definition) is 1. The van der Waals surface area contributed by atoms with E-state index in [0.717, 1.165) is 12.8 Å². The highest BCUT2D eigenvalue weighted by molar-refractivity contribution is 5.75. The van der Waals surface area contributed by atoms with Gasteiger partial charge >= 0.3 is 6.47 Å². The number of unbranched alkanes of at least 4 members (excludes halogenated alkanes) is 8. The Kier molecular flexibility index (Phi) is 12.2. The Bertz CT molecular complexity index is 195. The van der Waals surface area contributed by atoms with Gasteiger partial charge < -0.3 is 4.84 Å². The summed E-state index contributed by atoms with van der Waals surface area (Å²) in [5, 5.41) is 0. The fourth-order valence-corrected chi connectivity index (χ4v) is 1.74. The van der Waals surface area contributed by atoms with Gasteiger partial charge in [0, 0.05) is 6.42 Å². The lowest BCUT2D eigenvalue weighted by atomic mass is 10.1. The second-order valence-electron chi connectivity index (χ2n) is 4.32. The van der Waals surface area contributed by atoms with Crippen molar-refractivity contribution < 1.29 is 14.4 Å². The maximum absolute atomic E-state index is 11.0. The van der Waals surface area contributed by atoms with E-state index in [0.29, 0.717) is 6.42 Å². The molecule has 1 N–H and O–H groups in total. The molecule has 0 rings (SSSR count). The molecule has 0 aliphatic heterocycles. The molecule has 1 amide bonds. The van der Waals surface area contributed by atoms with E-state index in [1.165, 1.54) is 44.9 Å². The van der Waals surface area contributed by atoms with Gasteiger partial charge in [0.2, 0.25) is 0 Å². The van der Waals surface area contributed by atoms with E-state index in [1.807, 2.05) is 0 Å². The van der Waals surface area contributed by atoms with Crippen molar-refractivity contribution in [2.75, 3.05) is 0 Å². The van der Waals surface area contributed by atoms with Gasteiger partial charge in [-0.2, -0.15) is 5.48 Å². The Balaban J connectivity index is 3.07. The van der Waals surface area contributed by atoms with Crippen molar-refractivity contribution in [2.45, 2.75) is 71.1 Å². The average molecular weight is 243 g/mol. The maximum atomic E-state index is 11.0. The Hall–Kier alpha value is -1.06. The number of hydrogen-bond acceptors (Lipinski definition) is 3. The molecule has 0 aliphatic rings. The summed E-state index contributed by atoms with van der Waals surface area (Å²) in [7, 11) is 0. The van der Waals surface area contributed by atoms with Gasteiger partial charge in [-0.15, -0.1) is 0 Å². The van der Waals surface area contributed by atoms with Crippen LogP contribution in [0.2, 0.25) is 0 Å². The lowest BCUT2D eigenvalue weighted by Gasteiger charge is -2.02. The third-order valence-corrected chi connectivity index (χ3v) is 2.73. The predicted octanol–water partition coefficient (Wildman–Crippen LogP) is 3.11. The van der Waals surface area contributed by atoms with Gasteiger partial charge in [-0.05, 0) is 6.42 Å². The monoisotopic (exact) mass is 243 g/mol. The average Bonchev–Trinajstić information content (AvgIpc) is 2.34. The van der Waals surface area contributed by atoms with Crippen molar-refractivity contribution in [1.82, 2.24) is 5.48 Å². The molecule has 0 unspecified atom stereocenters. The van der Waals surface area contributed by atoms with Crippen molar-refractivity contribution >= 4 is 12.4 Å². The molecule has 0 aromatic carbocycles. The van der Waals surface area contributed by atoms with Crippen LogP contribution >= 0.6 is 0 Å². The van der Waals surface area contributed by atoms with Crippen LogP contribution in [-0.2, 0) is 14.4 Å². The van der Waals surface area contributed by atoms with E-state index in [1.54, 1.807) is 0 Å². The molecule has 0 spiro atoms. The number of hydroxylamine groups is 1. The molecular weight excluding hydrogens is 218 g/mol. The summed E-state index contributed by atoms with van der Waals surface area (Å²) in [6, 6.07) is 0. The molecule has 0 saturated heterocycles. The van der Waals surface area contributed by atoms with E-state index >= 15 is 0 Å². The van der Waals surface area contributed by atoms with Crippen LogP contribution in [0.1, 0.15) is 71.1 Å². The molecule has 0 radical (unpaired) electrons. The number of amides is 1. The van der Waals surface area contributed by atoms with Crippen LogP contribution in [0.3, 0.4) is 0 Å². The van der Waals surface area contributed by atoms with Gasteiger partial charge in [0.15, 0.2) is 0 Å². The van der Waals surface area contributed by atoms with E-state index < -0.39 is 0 Å². The van der Waals surface area contributed by atoms with Crippen molar-refractivity contribution in [1.29, 1.82) is 0 Å². The van der Waals surface area contributed by atoms with Crippen LogP contribution in [0.4, 0.5) is 0 Å². The quantitative estimate of drug-likeness (QED) is 0.325. The van der Waals surface area contributed by atoms with Gasteiger partial charge in [-0.25, -0.2) is 0 Å². The molecule has 0 bridgehead atoms. The molecule has 0 atom stereocenters. The molecule has 0 aromatic rings. The van der Waals surface area contributed by atoms with Gasteiger partial charge in [0.05, 0.1) is 0 Å². The Morgan fingerprint density at radius 2 is 1.53 bits per heavy atom. The summed E-state index contributed by atoms with van der Waals surface area (Å²) in [5.41, 5.74) is 2.05. The van der Waals surface area contributed by atoms with Crippen molar-refractivity contribution in [3.8, 4) is 0 Å². The van der Waals surface area contributed by atoms with Crippen LogP contribution < -0.4 is 5.48 Å². The number of carbonyl (C=O) groups excluding carboxylic acids is 2. The summed E-state index contributed by atoms with van der Waals surface area (Å²) in [5.74, 6) is -0.222. The predicted molar refractivity (Wildman–Crippen MR) is 67.1 cm³/mol. The fraction of sp³-hybridized carbons (Fsp3) is 0.846. The molecule has 4 nitrogen and oxygen atoms in total. The molecule has 17 heavy (non-hydrogen) atoms. The molecule has 0 fully saturated rings. The van der Waals surface area contributed by atoms with Gasteiger partial charge in [0.1, 0.15) is 0 Å². The third kappa shape index (κ3) is 12.9. The topological polar surface area (TPSA) is 55.4 Å². The summed E-state index contributed by atoms with van der Waals surface area (Å²) < 4.78 is 0. The van der Waals surface area contributed by atoms with E-state index in [-0.39, 0.29) is 12.4 Å². The molecule has 0 heterocycles. The zero-order valence-electron chi connectivity index (χ0n) is 10.9. The molecular formula is C13H25NO3. The number of carbonyl (C=O) groups is 2. The molecule has 0 aromatic heterocycles. The first-order valence-corrected chi connectivity index (χ1v) is 6.69. The largest absolute Gasteiger partial charge is 0.344 e. The maximum Gasteiger partial charge on any atom is 0.320 e. The number of rotatable bonds is 12. The lowest BCUT2D eigenvalue weighted by Crippen LogP contribution is -2.22. The molecule has 100 valence electrons. The first-order chi connectivity index (χ1) is 8.31. The van der Waals surface area contributed by atoms with Crippen molar-refractivity contribution in [3.05, 3.63) is 0 Å². The van der Waals surface area contributed by atoms with Crippen LogP contribution in [0.25, 0.3) is 0 Å². The van der Waals surface area contributed by atoms with Gasteiger partial charge in [0.25, 0.3) is 5.91 Å².